The number of carbonyl (C=O) groups is 2. The first-order valence-corrected chi connectivity index (χ1v) is 8.07. The smallest absolute Gasteiger partial charge is 0.307 e. The lowest BCUT2D eigenvalue weighted by molar-refractivity contribution is -0.136. The molecule has 0 heterocycles. The van der Waals surface area contributed by atoms with E-state index in [9.17, 15) is 9.59 Å². The Morgan fingerprint density at radius 1 is 1.04 bits per heavy atom. The first-order valence-electron chi connectivity index (χ1n) is 7.70. The summed E-state index contributed by atoms with van der Waals surface area (Å²) in [4.78, 5) is 20.9. The quantitative estimate of drug-likeness (QED) is 0.761. The van der Waals surface area contributed by atoms with Gasteiger partial charge in [0.1, 0.15) is 11.5 Å². The van der Waals surface area contributed by atoms with Gasteiger partial charge in [-0.3, -0.25) is 9.59 Å². The molecule has 0 aliphatic rings. The van der Waals surface area contributed by atoms with Crippen LogP contribution >= 0.6 is 11.6 Å². The molecule has 0 amide bonds. The van der Waals surface area contributed by atoms with E-state index in [1.807, 2.05) is 38.1 Å². The molecule has 6 heteroatoms. The fourth-order valence-electron chi connectivity index (χ4n) is 2.00. The number of carboxylic acid groups (broad SMARTS) is 1. The van der Waals surface area contributed by atoms with Gasteiger partial charge in [0.05, 0.1) is 12.5 Å². The van der Waals surface area contributed by atoms with E-state index >= 15 is 0 Å². The third kappa shape index (κ3) is 9.37. The molecular formula is C19H21ClO5. The van der Waals surface area contributed by atoms with Gasteiger partial charge >= 0.3 is 5.97 Å². The predicted molar refractivity (Wildman–Crippen MR) is 96.2 cm³/mol. The van der Waals surface area contributed by atoms with Crippen molar-refractivity contribution in [3.63, 3.8) is 0 Å². The van der Waals surface area contributed by atoms with Gasteiger partial charge in [0.25, 0.3) is 0 Å². The Labute approximate surface area is 151 Å². The molecule has 0 bridgehead atoms. The van der Waals surface area contributed by atoms with E-state index in [1.54, 1.807) is 12.1 Å². The summed E-state index contributed by atoms with van der Waals surface area (Å²) in [5.41, 5.74) is 1.49. The fourth-order valence-corrected chi connectivity index (χ4v) is 2.16. The summed E-state index contributed by atoms with van der Waals surface area (Å²) in [5.74, 6) is -0.0187. The SMILES string of the molecule is CC(C)Oc1cccc(CC(=O)Cl)c1.O=C(O)Cc1cccc(O)c1. The van der Waals surface area contributed by atoms with Crippen LogP contribution in [0, 0.1) is 0 Å². The molecule has 0 radical (unpaired) electrons. The predicted octanol–water partition coefficient (Wildman–Crippen LogP) is 3.80. The highest BCUT2D eigenvalue weighted by Crippen LogP contribution is 2.15. The molecule has 2 rings (SSSR count). The van der Waals surface area contributed by atoms with Crippen molar-refractivity contribution >= 4 is 22.8 Å². The van der Waals surface area contributed by atoms with E-state index in [0.717, 1.165) is 11.3 Å². The van der Waals surface area contributed by atoms with E-state index in [2.05, 4.69) is 0 Å². The van der Waals surface area contributed by atoms with Crippen molar-refractivity contribution in [2.75, 3.05) is 0 Å². The van der Waals surface area contributed by atoms with Crippen LogP contribution in [0.4, 0.5) is 0 Å². The first-order chi connectivity index (χ1) is 11.8. The van der Waals surface area contributed by atoms with Crippen LogP contribution in [0.1, 0.15) is 25.0 Å². The van der Waals surface area contributed by atoms with E-state index < -0.39 is 5.97 Å². The number of benzene rings is 2. The zero-order chi connectivity index (χ0) is 18.8. The summed E-state index contributed by atoms with van der Waals surface area (Å²) in [6.07, 6.45) is 0.336. The number of halogens is 1. The lowest BCUT2D eigenvalue weighted by Gasteiger charge is -2.10. The van der Waals surface area contributed by atoms with Gasteiger partial charge in [-0.05, 0) is 60.8 Å². The van der Waals surface area contributed by atoms with Crippen molar-refractivity contribution < 1.29 is 24.5 Å². The Morgan fingerprint density at radius 3 is 2.16 bits per heavy atom. The standard InChI is InChI=1S/C11H13ClO2.C8H8O3/c1-8(2)14-10-5-3-4-9(6-10)7-11(12)13;9-7-3-1-2-6(4-7)5-8(10)11/h3-6,8H,7H2,1-2H3;1-4,9H,5H2,(H,10,11). The molecule has 2 aromatic carbocycles. The average molecular weight is 365 g/mol. The van der Waals surface area contributed by atoms with Crippen molar-refractivity contribution in [2.24, 2.45) is 0 Å². The molecule has 0 unspecified atom stereocenters. The normalized spacial score (nSPS) is 9.92. The third-order valence-corrected chi connectivity index (χ3v) is 3.01. The lowest BCUT2D eigenvalue weighted by atomic mass is 10.1. The van der Waals surface area contributed by atoms with Crippen molar-refractivity contribution in [2.45, 2.75) is 32.8 Å². The van der Waals surface area contributed by atoms with Gasteiger partial charge in [0.2, 0.25) is 5.24 Å². The number of hydrogen-bond acceptors (Lipinski definition) is 4. The molecule has 0 spiro atoms. The second kappa shape index (κ2) is 10.4. The molecule has 134 valence electrons. The molecule has 0 aliphatic carbocycles. The van der Waals surface area contributed by atoms with Crippen LogP contribution in [0.5, 0.6) is 11.5 Å². The van der Waals surface area contributed by atoms with Crippen LogP contribution in [0.2, 0.25) is 0 Å². The highest BCUT2D eigenvalue weighted by molar-refractivity contribution is 6.63. The maximum absolute atomic E-state index is 10.7. The summed E-state index contributed by atoms with van der Waals surface area (Å²) in [6.45, 7) is 3.92. The summed E-state index contributed by atoms with van der Waals surface area (Å²) in [7, 11) is 0. The van der Waals surface area contributed by atoms with Crippen LogP contribution in [0.3, 0.4) is 0 Å². The number of rotatable bonds is 6. The molecular weight excluding hydrogens is 344 g/mol. The average Bonchev–Trinajstić information content (AvgIpc) is 2.46. The van der Waals surface area contributed by atoms with E-state index in [4.69, 9.17) is 26.6 Å². The Morgan fingerprint density at radius 2 is 1.64 bits per heavy atom. The van der Waals surface area contributed by atoms with E-state index in [1.165, 1.54) is 12.1 Å². The zero-order valence-corrected chi connectivity index (χ0v) is 14.9. The highest BCUT2D eigenvalue weighted by Gasteiger charge is 2.02. The molecule has 2 N–H and O–H groups in total. The number of phenolic OH excluding ortho intramolecular Hbond substituents is 1. The number of aromatic hydroxyl groups is 1. The van der Waals surface area contributed by atoms with Gasteiger partial charge in [-0.1, -0.05) is 24.3 Å². The Balaban J connectivity index is 0.000000257. The first kappa shape index (κ1) is 20.5. The van der Waals surface area contributed by atoms with Crippen molar-refractivity contribution in [1.82, 2.24) is 0 Å². The van der Waals surface area contributed by atoms with Crippen molar-refractivity contribution in [3.8, 4) is 11.5 Å². The number of ether oxygens (including phenoxy) is 1. The maximum atomic E-state index is 10.7. The second-order valence-corrected chi connectivity index (χ2v) is 6.01. The number of carboxylic acids is 1. The molecule has 0 atom stereocenters. The van der Waals surface area contributed by atoms with Crippen LogP contribution < -0.4 is 4.74 Å². The van der Waals surface area contributed by atoms with Gasteiger partial charge in [0, 0.05) is 6.42 Å². The van der Waals surface area contributed by atoms with E-state index in [-0.39, 0.29) is 29.9 Å². The summed E-state index contributed by atoms with van der Waals surface area (Å²) in [5, 5.41) is 17.0. The van der Waals surface area contributed by atoms with Gasteiger partial charge in [-0.25, -0.2) is 0 Å². The minimum Gasteiger partial charge on any atom is -0.508 e. The Bertz CT molecular complexity index is 712. The minimum atomic E-state index is -0.893. The minimum absolute atomic E-state index is 0.0472. The molecule has 0 aliphatic heterocycles. The van der Waals surface area contributed by atoms with Gasteiger partial charge < -0.3 is 14.9 Å². The number of hydrogen-bond donors (Lipinski definition) is 2. The van der Waals surface area contributed by atoms with Crippen LogP contribution in [-0.2, 0) is 22.4 Å². The largest absolute Gasteiger partial charge is 0.508 e. The molecule has 25 heavy (non-hydrogen) atoms. The van der Waals surface area contributed by atoms with Crippen LogP contribution in [0.25, 0.3) is 0 Å². The summed E-state index contributed by atoms with van der Waals surface area (Å²) in [6, 6.07) is 13.6. The number of aliphatic carboxylic acids is 1. The third-order valence-electron chi connectivity index (χ3n) is 2.88. The molecule has 0 saturated heterocycles. The Kier molecular flexibility index (Phi) is 8.50. The molecule has 2 aromatic rings. The van der Waals surface area contributed by atoms with Crippen molar-refractivity contribution in [3.05, 3.63) is 59.7 Å². The number of carbonyl (C=O) groups excluding carboxylic acids is 1. The summed E-state index contributed by atoms with van der Waals surface area (Å²) < 4.78 is 5.48. The lowest BCUT2D eigenvalue weighted by Crippen LogP contribution is -2.05. The molecule has 5 nitrogen and oxygen atoms in total. The fraction of sp³-hybridized carbons (Fsp3) is 0.263. The second-order valence-electron chi connectivity index (χ2n) is 5.59. The maximum Gasteiger partial charge on any atom is 0.307 e. The van der Waals surface area contributed by atoms with Gasteiger partial charge in [-0.15, -0.1) is 0 Å². The van der Waals surface area contributed by atoms with E-state index in [0.29, 0.717) is 5.56 Å². The number of phenols is 1. The van der Waals surface area contributed by atoms with Crippen LogP contribution in [0.15, 0.2) is 48.5 Å². The molecule has 0 saturated carbocycles. The van der Waals surface area contributed by atoms with Gasteiger partial charge in [-0.2, -0.15) is 0 Å². The Hall–Kier alpha value is -2.53. The monoisotopic (exact) mass is 364 g/mol. The highest BCUT2D eigenvalue weighted by atomic mass is 35.5. The van der Waals surface area contributed by atoms with Gasteiger partial charge in [0.15, 0.2) is 0 Å². The zero-order valence-electron chi connectivity index (χ0n) is 14.1. The topological polar surface area (TPSA) is 83.8 Å². The van der Waals surface area contributed by atoms with Crippen molar-refractivity contribution in [1.29, 1.82) is 0 Å². The summed E-state index contributed by atoms with van der Waals surface area (Å²) >= 11 is 5.29. The molecule has 0 aromatic heterocycles. The molecule has 0 fully saturated rings. The van der Waals surface area contributed by atoms with Crippen LogP contribution in [-0.4, -0.2) is 27.5 Å².